The van der Waals surface area contributed by atoms with E-state index in [0.29, 0.717) is 5.92 Å². The fourth-order valence-electron chi connectivity index (χ4n) is 3.00. The van der Waals surface area contributed by atoms with Crippen LogP contribution in [0.3, 0.4) is 0 Å². The molecule has 0 saturated heterocycles. The largest absolute Gasteiger partial charge is 0.474 e. The number of aryl methyl sites for hydroxylation is 1. The molecule has 2 atom stereocenters. The zero-order valence-electron chi connectivity index (χ0n) is 10.1. The second-order valence-electron chi connectivity index (χ2n) is 5.04. The van der Waals surface area contributed by atoms with Crippen LogP contribution in [0.5, 0.6) is 5.88 Å². The van der Waals surface area contributed by atoms with Gasteiger partial charge >= 0.3 is 0 Å². The average Bonchev–Trinajstić information content (AvgIpc) is 2.97. The highest BCUT2D eigenvalue weighted by molar-refractivity contribution is 5.33. The van der Waals surface area contributed by atoms with E-state index < -0.39 is 0 Å². The lowest BCUT2D eigenvalue weighted by molar-refractivity contribution is 0.153. The van der Waals surface area contributed by atoms with E-state index >= 15 is 0 Å². The second kappa shape index (κ2) is 4.61. The van der Waals surface area contributed by atoms with E-state index in [2.05, 4.69) is 9.97 Å². The van der Waals surface area contributed by atoms with Crippen LogP contribution < -0.4 is 10.5 Å². The zero-order valence-corrected chi connectivity index (χ0v) is 10.1. The number of nitrogens with two attached hydrogens (primary N) is 1. The Morgan fingerprint density at radius 1 is 1.24 bits per heavy atom. The fourth-order valence-corrected chi connectivity index (χ4v) is 3.00. The molecule has 2 aliphatic rings. The number of hydrogen-bond acceptors (Lipinski definition) is 4. The first-order valence-corrected chi connectivity index (χ1v) is 6.58. The molecule has 1 aromatic rings. The molecule has 0 aromatic carbocycles. The van der Waals surface area contributed by atoms with Crippen molar-refractivity contribution in [2.75, 3.05) is 6.54 Å². The molecule has 1 heterocycles. The number of aromatic nitrogens is 2. The van der Waals surface area contributed by atoms with Crippen LogP contribution >= 0.6 is 0 Å². The summed E-state index contributed by atoms with van der Waals surface area (Å²) in [6.45, 7) is 0.720. The summed E-state index contributed by atoms with van der Waals surface area (Å²) in [5.41, 5.74) is 8.19. The predicted molar refractivity (Wildman–Crippen MR) is 64.9 cm³/mol. The van der Waals surface area contributed by atoms with E-state index in [9.17, 15) is 0 Å². The summed E-state index contributed by atoms with van der Waals surface area (Å²) in [5.74, 6) is 1.32. The fraction of sp³-hybridized carbons (Fsp3) is 0.692. The summed E-state index contributed by atoms with van der Waals surface area (Å²) in [6.07, 6.45) is 8.72. The first-order valence-electron chi connectivity index (χ1n) is 6.58. The lowest BCUT2D eigenvalue weighted by Gasteiger charge is -2.20. The minimum atomic E-state index is 0.264. The summed E-state index contributed by atoms with van der Waals surface area (Å²) >= 11 is 0. The Morgan fingerprint density at radius 3 is 3.06 bits per heavy atom. The molecule has 92 valence electrons. The molecule has 0 radical (unpaired) electrons. The van der Waals surface area contributed by atoms with Gasteiger partial charge in [-0.3, -0.25) is 0 Å². The molecule has 0 spiro atoms. The van der Waals surface area contributed by atoms with Crippen molar-refractivity contribution >= 4 is 0 Å². The Morgan fingerprint density at radius 2 is 2.18 bits per heavy atom. The first-order chi connectivity index (χ1) is 8.38. The molecule has 2 unspecified atom stereocenters. The van der Waals surface area contributed by atoms with Crippen LogP contribution in [-0.4, -0.2) is 22.6 Å². The van der Waals surface area contributed by atoms with Gasteiger partial charge in [0.1, 0.15) is 12.4 Å². The van der Waals surface area contributed by atoms with Gasteiger partial charge in [0.15, 0.2) is 0 Å². The van der Waals surface area contributed by atoms with Crippen LogP contribution in [0, 0.1) is 5.92 Å². The third kappa shape index (κ3) is 2.02. The van der Waals surface area contributed by atoms with Crippen LogP contribution in [-0.2, 0) is 12.8 Å². The molecule has 2 N–H and O–H groups in total. The standard InChI is InChI=1S/C13H19N3O/c14-7-9-3-1-6-12(9)17-13-10-4-2-5-11(10)15-8-16-13/h8-9,12H,1-7,14H2. The van der Waals surface area contributed by atoms with Gasteiger partial charge in [-0.2, -0.15) is 0 Å². The van der Waals surface area contributed by atoms with Gasteiger partial charge < -0.3 is 10.5 Å². The molecule has 1 saturated carbocycles. The summed E-state index contributed by atoms with van der Waals surface area (Å²) < 4.78 is 6.09. The Labute approximate surface area is 102 Å². The van der Waals surface area contributed by atoms with Crippen molar-refractivity contribution in [2.45, 2.75) is 44.6 Å². The summed E-state index contributed by atoms with van der Waals surface area (Å²) in [5, 5.41) is 0. The number of fused-ring (bicyclic) bond motifs is 1. The van der Waals surface area contributed by atoms with Crippen LogP contribution in [0.2, 0.25) is 0 Å². The van der Waals surface area contributed by atoms with E-state index in [1.807, 2.05) is 0 Å². The van der Waals surface area contributed by atoms with Crippen molar-refractivity contribution in [2.24, 2.45) is 11.7 Å². The quantitative estimate of drug-likeness (QED) is 0.858. The van der Waals surface area contributed by atoms with Gasteiger partial charge in [-0.05, 0) is 45.1 Å². The Bertz CT molecular complexity index is 408. The van der Waals surface area contributed by atoms with Crippen LogP contribution in [0.4, 0.5) is 0 Å². The summed E-state index contributed by atoms with van der Waals surface area (Å²) in [6, 6.07) is 0. The Hall–Kier alpha value is -1.16. The van der Waals surface area contributed by atoms with Gasteiger partial charge in [0.05, 0.1) is 5.69 Å². The summed E-state index contributed by atoms with van der Waals surface area (Å²) in [4.78, 5) is 8.63. The molecule has 2 aliphatic carbocycles. The monoisotopic (exact) mass is 233 g/mol. The van der Waals surface area contributed by atoms with Crippen LogP contribution in [0.25, 0.3) is 0 Å². The van der Waals surface area contributed by atoms with E-state index in [0.717, 1.165) is 31.7 Å². The molecule has 4 heteroatoms. The number of rotatable bonds is 3. The average molecular weight is 233 g/mol. The Balaban J connectivity index is 1.79. The highest BCUT2D eigenvalue weighted by atomic mass is 16.5. The molecule has 0 bridgehead atoms. The molecule has 1 fully saturated rings. The minimum Gasteiger partial charge on any atom is -0.474 e. The van der Waals surface area contributed by atoms with Gasteiger partial charge in [-0.25, -0.2) is 9.97 Å². The number of ether oxygens (including phenoxy) is 1. The topological polar surface area (TPSA) is 61.0 Å². The molecule has 0 amide bonds. The van der Waals surface area contributed by atoms with E-state index in [-0.39, 0.29) is 6.10 Å². The molecule has 4 nitrogen and oxygen atoms in total. The van der Waals surface area contributed by atoms with Gasteiger partial charge in [-0.1, -0.05) is 0 Å². The lowest BCUT2D eigenvalue weighted by Crippen LogP contribution is -2.28. The third-order valence-corrected chi connectivity index (χ3v) is 3.99. The van der Waals surface area contributed by atoms with Gasteiger partial charge in [0, 0.05) is 11.5 Å². The highest BCUT2D eigenvalue weighted by Gasteiger charge is 2.29. The maximum Gasteiger partial charge on any atom is 0.220 e. The maximum atomic E-state index is 6.09. The SMILES string of the molecule is NCC1CCCC1Oc1ncnc2c1CCC2. The van der Waals surface area contributed by atoms with Crippen LogP contribution in [0.1, 0.15) is 36.9 Å². The van der Waals surface area contributed by atoms with Crippen molar-refractivity contribution in [1.82, 2.24) is 9.97 Å². The Kier molecular flexibility index (Phi) is 2.97. The van der Waals surface area contributed by atoms with E-state index in [4.69, 9.17) is 10.5 Å². The normalized spacial score (nSPS) is 27.1. The third-order valence-electron chi connectivity index (χ3n) is 3.99. The molecule has 0 aliphatic heterocycles. The zero-order chi connectivity index (χ0) is 11.7. The van der Waals surface area contributed by atoms with E-state index in [1.54, 1.807) is 6.33 Å². The smallest absolute Gasteiger partial charge is 0.220 e. The highest BCUT2D eigenvalue weighted by Crippen LogP contribution is 2.32. The van der Waals surface area contributed by atoms with E-state index in [1.165, 1.54) is 30.5 Å². The molecule has 3 rings (SSSR count). The molecule has 1 aromatic heterocycles. The van der Waals surface area contributed by atoms with Gasteiger partial charge in [-0.15, -0.1) is 0 Å². The molecular formula is C13H19N3O. The summed E-state index contributed by atoms with van der Waals surface area (Å²) in [7, 11) is 0. The second-order valence-corrected chi connectivity index (χ2v) is 5.04. The molecular weight excluding hydrogens is 214 g/mol. The van der Waals surface area contributed by atoms with Crippen molar-refractivity contribution in [3.8, 4) is 5.88 Å². The van der Waals surface area contributed by atoms with Crippen LogP contribution in [0.15, 0.2) is 6.33 Å². The minimum absolute atomic E-state index is 0.264. The van der Waals surface area contributed by atoms with Crippen molar-refractivity contribution < 1.29 is 4.74 Å². The predicted octanol–water partition coefficient (Wildman–Crippen LogP) is 1.47. The van der Waals surface area contributed by atoms with Gasteiger partial charge in [0.2, 0.25) is 5.88 Å². The molecule has 17 heavy (non-hydrogen) atoms. The van der Waals surface area contributed by atoms with Crippen molar-refractivity contribution in [3.05, 3.63) is 17.6 Å². The number of hydrogen-bond donors (Lipinski definition) is 1. The van der Waals surface area contributed by atoms with Gasteiger partial charge in [0.25, 0.3) is 0 Å². The lowest BCUT2D eigenvalue weighted by atomic mass is 10.1. The first kappa shape index (κ1) is 11.0. The maximum absolute atomic E-state index is 6.09. The van der Waals surface area contributed by atoms with Crippen molar-refractivity contribution in [3.63, 3.8) is 0 Å². The van der Waals surface area contributed by atoms with Crippen molar-refractivity contribution in [1.29, 1.82) is 0 Å². The number of nitrogens with zero attached hydrogens (tertiary/aromatic N) is 2.